The zero-order valence-corrected chi connectivity index (χ0v) is 8.20. The van der Waals surface area contributed by atoms with E-state index in [-0.39, 0.29) is 6.29 Å². The lowest BCUT2D eigenvalue weighted by Crippen LogP contribution is -2.61. The second-order valence-corrected chi connectivity index (χ2v) is 3.98. The van der Waals surface area contributed by atoms with Gasteiger partial charge in [-0.05, 0) is 0 Å². The highest BCUT2D eigenvalue weighted by atomic mass is 32.3. The lowest BCUT2D eigenvalue weighted by molar-refractivity contribution is -0.252. The van der Waals surface area contributed by atoms with Crippen LogP contribution in [-0.2, 0) is 24.1 Å². The van der Waals surface area contributed by atoms with Gasteiger partial charge in [-0.3, -0.25) is 4.55 Å². The Morgan fingerprint density at radius 1 is 1.53 bits per heavy atom. The molecule has 8 nitrogen and oxygen atoms in total. The fraction of sp³-hybridized carbons (Fsp3) is 0.833. The SMILES string of the molecule is O=CC(OS(=O)(=O)O)[C@H]1O[C@H](CO)[C@@H]1O. The minimum absolute atomic E-state index is 0.0786. The first-order valence-corrected chi connectivity index (χ1v) is 5.31. The first-order chi connectivity index (χ1) is 6.89. The fourth-order valence-electron chi connectivity index (χ4n) is 1.20. The van der Waals surface area contributed by atoms with Crippen molar-refractivity contribution in [1.29, 1.82) is 0 Å². The second-order valence-electron chi connectivity index (χ2n) is 2.94. The van der Waals surface area contributed by atoms with Gasteiger partial charge < -0.3 is 19.7 Å². The summed E-state index contributed by atoms with van der Waals surface area (Å²) in [5.41, 5.74) is 0. The van der Waals surface area contributed by atoms with E-state index in [1.54, 1.807) is 0 Å². The topological polar surface area (TPSA) is 130 Å². The summed E-state index contributed by atoms with van der Waals surface area (Å²) in [6.45, 7) is -0.463. The molecule has 0 saturated carbocycles. The maximum Gasteiger partial charge on any atom is 0.398 e. The Labute approximate surface area is 85.4 Å². The van der Waals surface area contributed by atoms with Gasteiger partial charge in [0.2, 0.25) is 0 Å². The maximum absolute atomic E-state index is 10.4. The van der Waals surface area contributed by atoms with Gasteiger partial charge in [0.25, 0.3) is 0 Å². The van der Waals surface area contributed by atoms with Crippen molar-refractivity contribution in [3.05, 3.63) is 0 Å². The van der Waals surface area contributed by atoms with E-state index >= 15 is 0 Å². The van der Waals surface area contributed by atoms with Gasteiger partial charge in [-0.1, -0.05) is 0 Å². The molecule has 0 aromatic rings. The standard InChI is InChI=1S/C6H10O8S/c7-1-3-5(9)6(13-3)4(2-8)14-15(10,11)12/h2-7,9H,1H2,(H,10,11,12)/t3-,4?,5+,6-/m1/s1. The Hall–Kier alpha value is -0.580. The van der Waals surface area contributed by atoms with Crippen LogP contribution in [0.15, 0.2) is 0 Å². The van der Waals surface area contributed by atoms with Crippen LogP contribution in [0.4, 0.5) is 0 Å². The van der Waals surface area contributed by atoms with Gasteiger partial charge in [0, 0.05) is 0 Å². The quantitative estimate of drug-likeness (QED) is 0.356. The highest BCUT2D eigenvalue weighted by Gasteiger charge is 2.47. The molecule has 1 saturated heterocycles. The van der Waals surface area contributed by atoms with Gasteiger partial charge in [-0.25, -0.2) is 4.18 Å². The van der Waals surface area contributed by atoms with Gasteiger partial charge >= 0.3 is 10.4 Å². The summed E-state index contributed by atoms with van der Waals surface area (Å²) in [7, 11) is -4.79. The Bertz CT molecular complexity index is 324. The molecule has 0 aliphatic carbocycles. The van der Waals surface area contributed by atoms with Crippen molar-refractivity contribution >= 4 is 16.7 Å². The van der Waals surface area contributed by atoms with Crippen molar-refractivity contribution in [3.8, 4) is 0 Å². The summed E-state index contributed by atoms with van der Waals surface area (Å²) in [6.07, 6.45) is -4.84. The monoisotopic (exact) mass is 242 g/mol. The van der Waals surface area contributed by atoms with Crippen LogP contribution in [0.3, 0.4) is 0 Å². The van der Waals surface area contributed by atoms with E-state index in [9.17, 15) is 18.3 Å². The number of aliphatic hydroxyl groups excluding tert-OH is 2. The van der Waals surface area contributed by atoms with Crippen LogP contribution in [-0.4, -0.2) is 60.5 Å². The van der Waals surface area contributed by atoms with Crippen LogP contribution < -0.4 is 0 Å². The van der Waals surface area contributed by atoms with E-state index in [2.05, 4.69) is 4.18 Å². The molecule has 0 aromatic heterocycles. The van der Waals surface area contributed by atoms with Gasteiger partial charge in [0.15, 0.2) is 12.4 Å². The minimum atomic E-state index is -4.79. The average Bonchev–Trinajstić information content (AvgIpc) is 2.12. The number of hydrogen-bond acceptors (Lipinski definition) is 7. The zero-order valence-electron chi connectivity index (χ0n) is 7.38. The molecule has 1 aliphatic heterocycles. The van der Waals surface area contributed by atoms with E-state index in [4.69, 9.17) is 14.4 Å². The lowest BCUT2D eigenvalue weighted by Gasteiger charge is -2.42. The van der Waals surface area contributed by atoms with Crippen LogP contribution >= 0.6 is 0 Å². The normalized spacial score (nSPS) is 33.1. The summed E-state index contributed by atoms with van der Waals surface area (Å²) in [6, 6.07) is 0. The number of ether oxygens (including phenoxy) is 1. The molecule has 0 radical (unpaired) electrons. The van der Waals surface area contributed by atoms with Crippen LogP contribution in [0, 0.1) is 0 Å². The second kappa shape index (κ2) is 4.51. The molecule has 1 aliphatic rings. The van der Waals surface area contributed by atoms with E-state index in [1.807, 2.05) is 0 Å². The van der Waals surface area contributed by atoms with Crippen LogP contribution in [0.25, 0.3) is 0 Å². The van der Waals surface area contributed by atoms with Crippen LogP contribution in [0.5, 0.6) is 0 Å². The summed E-state index contributed by atoms with van der Waals surface area (Å²) >= 11 is 0. The molecule has 3 N–H and O–H groups in total. The molecule has 1 unspecified atom stereocenters. The first kappa shape index (κ1) is 12.5. The number of aldehydes is 1. The maximum atomic E-state index is 10.4. The molecule has 88 valence electrons. The highest BCUT2D eigenvalue weighted by Crippen LogP contribution is 2.25. The molecule has 0 spiro atoms. The van der Waals surface area contributed by atoms with Gasteiger partial charge in [-0.15, -0.1) is 0 Å². The van der Waals surface area contributed by atoms with Gasteiger partial charge in [-0.2, -0.15) is 8.42 Å². The van der Waals surface area contributed by atoms with E-state index in [0.717, 1.165) is 0 Å². The molecule has 0 bridgehead atoms. The minimum Gasteiger partial charge on any atom is -0.394 e. The zero-order chi connectivity index (χ0) is 11.6. The molecule has 1 rings (SSSR count). The van der Waals surface area contributed by atoms with Crippen LogP contribution in [0.2, 0.25) is 0 Å². The first-order valence-electron chi connectivity index (χ1n) is 3.94. The van der Waals surface area contributed by atoms with Gasteiger partial charge in [0.1, 0.15) is 18.3 Å². The Morgan fingerprint density at radius 2 is 2.13 bits per heavy atom. The van der Waals surface area contributed by atoms with Crippen molar-refractivity contribution in [3.63, 3.8) is 0 Å². The Morgan fingerprint density at radius 3 is 2.47 bits per heavy atom. The van der Waals surface area contributed by atoms with Crippen molar-refractivity contribution in [2.75, 3.05) is 6.61 Å². The summed E-state index contributed by atoms with van der Waals surface area (Å²) < 4.78 is 37.6. The van der Waals surface area contributed by atoms with Crippen LogP contribution in [0.1, 0.15) is 0 Å². The number of aliphatic hydroxyl groups is 2. The lowest BCUT2D eigenvalue weighted by atomic mass is 9.97. The Balaban J connectivity index is 2.59. The molecular formula is C6H10O8S. The molecule has 0 aromatic carbocycles. The number of hydrogen-bond donors (Lipinski definition) is 3. The summed E-state index contributed by atoms with van der Waals surface area (Å²) in [4.78, 5) is 10.4. The smallest absolute Gasteiger partial charge is 0.394 e. The largest absolute Gasteiger partial charge is 0.398 e. The number of rotatable bonds is 5. The molecule has 15 heavy (non-hydrogen) atoms. The fourth-order valence-corrected chi connectivity index (χ4v) is 1.64. The molecule has 4 atom stereocenters. The third-order valence-corrected chi connectivity index (χ3v) is 2.39. The Kier molecular flexibility index (Phi) is 3.76. The number of carbonyl (C=O) groups excluding carboxylic acids is 1. The predicted octanol–water partition coefficient (Wildman–Crippen LogP) is -2.51. The summed E-state index contributed by atoms with van der Waals surface area (Å²) in [5, 5.41) is 17.8. The molecule has 1 heterocycles. The third-order valence-electron chi connectivity index (χ3n) is 1.92. The van der Waals surface area contributed by atoms with Crippen molar-refractivity contribution in [2.24, 2.45) is 0 Å². The highest BCUT2D eigenvalue weighted by molar-refractivity contribution is 7.80. The van der Waals surface area contributed by atoms with Crippen molar-refractivity contribution < 1.29 is 36.9 Å². The molecule has 9 heteroatoms. The average molecular weight is 242 g/mol. The molecular weight excluding hydrogens is 232 g/mol. The van der Waals surface area contributed by atoms with Crippen molar-refractivity contribution in [2.45, 2.75) is 24.4 Å². The van der Waals surface area contributed by atoms with E-state index in [0.29, 0.717) is 0 Å². The molecule has 0 amide bonds. The third kappa shape index (κ3) is 2.93. The van der Waals surface area contributed by atoms with E-state index < -0.39 is 41.4 Å². The predicted molar refractivity (Wildman–Crippen MR) is 44.2 cm³/mol. The molecule has 1 fully saturated rings. The summed E-state index contributed by atoms with van der Waals surface area (Å²) in [5.74, 6) is 0. The van der Waals surface area contributed by atoms with Gasteiger partial charge in [0.05, 0.1) is 6.61 Å². The number of carbonyl (C=O) groups is 1. The van der Waals surface area contributed by atoms with Crippen molar-refractivity contribution in [1.82, 2.24) is 0 Å². The van der Waals surface area contributed by atoms with E-state index in [1.165, 1.54) is 0 Å².